The van der Waals surface area contributed by atoms with Gasteiger partial charge in [0.05, 0.1) is 12.0 Å². The summed E-state index contributed by atoms with van der Waals surface area (Å²) < 4.78 is 0. The fourth-order valence-electron chi connectivity index (χ4n) is 2.20. The van der Waals surface area contributed by atoms with Crippen LogP contribution in [0.5, 0.6) is 0 Å². The third kappa shape index (κ3) is 2.95. The highest BCUT2D eigenvalue weighted by molar-refractivity contribution is 5.85. The molecule has 1 unspecified atom stereocenters. The minimum absolute atomic E-state index is 0.0205. The summed E-state index contributed by atoms with van der Waals surface area (Å²) in [6.45, 7) is 1.55. The van der Waals surface area contributed by atoms with Gasteiger partial charge in [-0.1, -0.05) is 12.8 Å². The molecule has 0 aromatic carbocycles. The fourth-order valence-corrected chi connectivity index (χ4v) is 2.20. The minimum Gasteiger partial charge on any atom is -0.481 e. The van der Waals surface area contributed by atoms with Crippen LogP contribution in [0.15, 0.2) is 0 Å². The maximum Gasteiger partial charge on any atom is 0.310 e. The van der Waals surface area contributed by atoms with E-state index in [1.54, 1.807) is 6.92 Å². The Labute approximate surface area is 94.8 Å². The predicted octanol–water partition coefficient (Wildman–Crippen LogP) is 0.518. The van der Waals surface area contributed by atoms with E-state index in [-0.39, 0.29) is 25.0 Å². The van der Waals surface area contributed by atoms with Gasteiger partial charge in [0, 0.05) is 12.5 Å². The van der Waals surface area contributed by atoms with Crippen LogP contribution in [0, 0.1) is 5.41 Å². The van der Waals surface area contributed by atoms with E-state index in [1.165, 1.54) is 0 Å². The number of nitrogens with one attached hydrogen (secondary N) is 1. The number of carboxylic acids is 1. The van der Waals surface area contributed by atoms with Crippen molar-refractivity contribution in [1.29, 1.82) is 0 Å². The number of aliphatic hydroxyl groups excluding tert-OH is 1. The zero-order chi connectivity index (χ0) is 12.2. The van der Waals surface area contributed by atoms with Crippen molar-refractivity contribution in [2.75, 3.05) is 6.61 Å². The van der Waals surface area contributed by atoms with Gasteiger partial charge >= 0.3 is 5.97 Å². The zero-order valence-corrected chi connectivity index (χ0v) is 9.53. The second-order valence-corrected chi connectivity index (χ2v) is 4.62. The Hall–Kier alpha value is -1.10. The Morgan fingerprint density at radius 3 is 2.38 bits per heavy atom. The highest BCUT2D eigenvalue weighted by Gasteiger charge is 2.42. The van der Waals surface area contributed by atoms with Crippen LogP contribution in [0.1, 0.15) is 39.0 Å². The average molecular weight is 229 g/mol. The van der Waals surface area contributed by atoms with E-state index < -0.39 is 11.4 Å². The predicted molar refractivity (Wildman–Crippen MR) is 57.8 cm³/mol. The molecule has 0 radical (unpaired) electrons. The number of carbonyl (C=O) groups excluding carboxylic acids is 1. The van der Waals surface area contributed by atoms with Gasteiger partial charge in [-0.05, 0) is 19.8 Å². The lowest BCUT2D eigenvalue weighted by Gasteiger charge is -2.23. The molecule has 0 spiro atoms. The highest BCUT2D eigenvalue weighted by atomic mass is 16.4. The van der Waals surface area contributed by atoms with Crippen molar-refractivity contribution in [1.82, 2.24) is 5.32 Å². The average Bonchev–Trinajstić information content (AvgIpc) is 2.67. The first-order chi connectivity index (χ1) is 7.50. The second kappa shape index (κ2) is 5.30. The molecule has 0 bridgehead atoms. The normalized spacial score (nSPS) is 20.4. The molecular weight excluding hydrogens is 210 g/mol. The van der Waals surface area contributed by atoms with Crippen LogP contribution in [0.2, 0.25) is 0 Å². The number of carbonyl (C=O) groups is 2. The molecule has 0 aromatic rings. The number of amides is 1. The van der Waals surface area contributed by atoms with E-state index in [0.717, 1.165) is 12.8 Å². The first-order valence-corrected chi connectivity index (χ1v) is 5.64. The van der Waals surface area contributed by atoms with E-state index in [0.29, 0.717) is 12.8 Å². The Morgan fingerprint density at radius 2 is 1.94 bits per heavy atom. The lowest BCUT2D eigenvalue weighted by Crippen LogP contribution is -2.40. The third-order valence-corrected chi connectivity index (χ3v) is 3.19. The highest BCUT2D eigenvalue weighted by Crippen LogP contribution is 2.41. The van der Waals surface area contributed by atoms with Gasteiger partial charge < -0.3 is 15.5 Å². The van der Waals surface area contributed by atoms with Crippen molar-refractivity contribution < 1.29 is 19.8 Å². The van der Waals surface area contributed by atoms with E-state index in [9.17, 15) is 14.7 Å². The van der Waals surface area contributed by atoms with Crippen LogP contribution in [0.25, 0.3) is 0 Å². The maximum atomic E-state index is 11.6. The fraction of sp³-hybridized carbons (Fsp3) is 0.818. The van der Waals surface area contributed by atoms with Crippen molar-refractivity contribution in [3.8, 4) is 0 Å². The van der Waals surface area contributed by atoms with Crippen LogP contribution in [-0.2, 0) is 9.59 Å². The minimum atomic E-state index is -0.878. The lowest BCUT2D eigenvalue weighted by atomic mass is 9.82. The summed E-state index contributed by atoms with van der Waals surface area (Å²) in [5.74, 6) is -1.16. The molecule has 1 amide bonds. The standard InChI is InChI=1S/C11H19NO4/c1-8(7-13)12-9(14)6-11(10(15)16)4-2-3-5-11/h8,13H,2-7H2,1H3,(H,12,14)(H,15,16). The van der Waals surface area contributed by atoms with Crippen molar-refractivity contribution in [3.63, 3.8) is 0 Å². The summed E-state index contributed by atoms with van der Waals surface area (Å²) in [6, 6.07) is -0.320. The summed E-state index contributed by atoms with van der Waals surface area (Å²) >= 11 is 0. The van der Waals surface area contributed by atoms with Crippen LogP contribution in [0.3, 0.4) is 0 Å². The number of hydrogen-bond donors (Lipinski definition) is 3. The molecule has 3 N–H and O–H groups in total. The Kier molecular flexibility index (Phi) is 4.29. The first kappa shape index (κ1) is 13.0. The quantitative estimate of drug-likeness (QED) is 0.641. The summed E-state index contributed by atoms with van der Waals surface area (Å²) in [7, 11) is 0. The van der Waals surface area contributed by atoms with Gasteiger partial charge in [-0.2, -0.15) is 0 Å². The van der Waals surface area contributed by atoms with Gasteiger partial charge in [0.1, 0.15) is 0 Å². The van der Waals surface area contributed by atoms with Crippen LogP contribution in [0.4, 0.5) is 0 Å². The van der Waals surface area contributed by atoms with E-state index in [2.05, 4.69) is 5.32 Å². The molecule has 1 rings (SSSR count). The number of rotatable bonds is 5. The Bertz CT molecular complexity index is 271. The Morgan fingerprint density at radius 1 is 1.38 bits per heavy atom. The van der Waals surface area contributed by atoms with Gasteiger partial charge in [-0.25, -0.2) is 0 Å². The summed E-state index contributed by atoms with van der Waals surface area (Å²) in [6.07, 6.45) is 2.91. The van der Waals surface area contributed by atoms with Crippen molar-refractivity contribution in [3.05, 3.63) is 0 Å². The van der Waals surface area contributed by atoms with Gasteiger partial charge in [0.2, 0.25) is 5.91 Å². The number of hydrogen-bond acceptors (Lipinski definition) is 3. The van der Waals surface area contributed by atoms with Crippen molar-refractivity contribution >= 4 is 11.9 Å². The molecule has 5 heteroatoms. The molecule has 1 aliphatic rings. The summed E-state index contributed by atoms with van der Waals surface area (Å²) in [5.41, 5.74) is -0.876. The molecule has 0 aromatic heterocycles. The van der Waals surface area contributed by atoms with Gasteiger partial charge in [0.15, 0.2) is 0 Å². The van der Waals surface area contributed by atoms with Crippen LogP contribution >= 0.6 is 0 Å². The molecular formula is C11H19NO4. The van der Waals surface area contributed by atoms with Gasteiger partial charge in [0.25, 0.3) is 0 Å². The van der Waals surface area contributed by atoms with Gasteiger partial charge in [-0.15, -0.1) is 0 Å². The molecule has 92 valence electrons. The number of carboxylic acid groups (broad SMARTS) is 1. The van der Waals surface area contributed by atoms with E-state index in [1.807, 2.05) is 0 Å². The third-order valence-electron chi connectivity index (χ3n) is 3.19. The zero-order valence-electron chi connectivity index (χ0n) is 9.53. The smallest absolute Gasteiger partial charge is 0.310 e. The molecule has 0 saturated heterocycles. The molecule has 1 fully saturated rings. The second-order valence-electron chi connectivity index (χ2n) is 4.62. The topological polar surface area (TPSA) is 86.6 Å². The number of aliphatic carboxylic acids is 1. The van der Waals surface area contributed by atoms with Crippen LogP contribution < -0.4 is 5.32 Å². The maximum absolute atomic E-state index is 11.6. The molecule has 0 heterocycles. The van der Waals surface area contributed by atoms with Crippen LogP contribution in [-0.4, -0.2) is 34.7 Å². The first-order valence-electron chi connectivity index (χ1n) is 5.64. The molecule has 1 aliphatic carbocycles. The largest absolute Gasteiger partial charge is 0.481 e. The number of aliphatic hydroxyl groups is 1. The van der Waals surface area contributed by atoms with E-state index >= 15 is 0 Å². The molecule has 16 heavy (non-hydrogen) atoms. The Balaban J connectivity index is 2.56. The molecule has 1 saturated carbocycles. The molecule has 5 nitrogen and oxygen atoms in total. The van der Waals surface area contributed by atoms with Gasteiger partial charge in [-0.3, -0.25) is 9.59 Å². The van der Waals surface area contributed by atoms with Crippen molar-refractivity contribution in [2.24, 2.45) is 5.41 Å². The monoisotopic (exact) mass is 229 g/mol. The molecule has 1 atom stereocenters. The molecule has 0 aliphatic heterocycles. The summed E-state index contributed by atoms with van der Waals surface area (Å²) in [5, 5.41) is 20.5. The van der Waals surface area contributed by atoms with E-state index in [4.69, 9.17) is 5.11 Å². The van der Waals surface area contributed by atoms with Crippen molar-refractivity contribution in [2.45, 2.75) is 45.1 Å². The SMILES string of the molecule is CC(CO)NC(=O)CC1(C(=O)O)CCCC1. The lowest BCUT2D eigenvalue weighted by molar-refractivity contribution is -0.151. The summed E-state index contributed by atoms with van der Waals surface area (Å²) in [4.78, 5) is 22.8.